The van der Waals surface area contributed by atoms with E-state index in [1.54, 1.807) is 0 Å². The highest BCUT2D eigenvalue weighted by atomic mass is 32.2. The maximum absolute atomic E-state index is 13.9. The number of halogens is 1. The molecule has 2 amide bonds. The summed E-state index contributed by atoms with van der Waals surface area (Å²) in [6, 6.07) is 6.80. The second-order valence-corrected chi connectivity index (χ2v) is 9.83. The second kappa shape index (κ2) is 10.9. The highest BCUT2D eigenvalue weighted by Gasteiger charge is 2.27. The van der Waals surface area contributed by atoms with Crippen molar-refractivity contribution in [3.63, 3.8) is 0 Å². The topological polar surface area (TPSA) is 123 Å². The summed E-state index contributed by atoms with van der Waals surface area (Å²) in [5, 5.41) is 4.91. The Balaban J connectivity index is 1.79. The van der Waals surface area contributed by atoms with Crippen molar-refractivity contribution >= 4 is 45.0 Å². The summed E-state index contributed by atoms with van der Waals surface area (Å²) in [6.45, 7) is 1.91. The fraction of sp³-hybridized carbons (Fsp3) is 0.333. The van der Waals surface area contributed by atoms with Crippen molar-refractivity contribution < 1.29 is 31.9 Å². The molecule has 1 heterocycles. The third-order valence-electron chi connectivity index (χ3n) is 4.59. The van der Waals surface area contributed by atoms with Crippen molar-refractivity contribution in [2.75, 3.05) is 35.9 Å². The number of anilines is 2. The number of hydrogen-bond acceptors (Lipinski definition) is 7. The number of amides is 2. The lowest BCUT2D eigenvalue weighted by Crippen LogP contribution is -2.44. The molecule has 3 rings (SSSR count). The van der Waals surface area contributed by atoms with Gasteiger partial charge in [-0.15, -0.1) is 0 Å². The van der Waals surface area contributed by atoms with Crippen molar-refractivity contribution in [2.45, 2.75) is 24.3 Å². The van der Waals surface area contributed by atoms with Gasteiger partial charge in [0, 0.05) is 18.7 Å². The summed E-state index contributed by atoms with van der Waals surface area (Å²) in [4.78, 5) is 24.1. The van der Waals surface area contributed by atoms with Gasteiger partial charge in [0.1, 0.15) is 25.1 Å². The molecule has 0 aromatic heterocycles. The SMILES string of the molecule is CSCC[C@@H](NS(=O)(=O)c1ccc2c(c1)OCCO2)C(=O)Nc1ccc(F)c(NC(C)=O)c1. The van der Waals surface area contributed by atoms with E-state index in [9.17, 15) is 22.4 Å². The number of carbonyl (C=O) groups is 2. The summed E-state index contributed by atoms with van der Waals surface area (Å²) in [5.74, 6) is -0.480. The fourth-order valence-electron chi connectivity index (χ4n) is 3.04. The molecule has 0 radical (unpaired) electrons. The van der Waals surface area contributed by atoms with Crippen LogP contribution in [0.5, 0.6) is 11.5 Å². The van der Waals surface area contributed by atoms with E-state index in [1.807, 2.05) is 6.26 Å². The summed E-state index contributed by atoms with van der Waals surface area (Å²) in [7, 11) is -4.06. The predicted molar refractivity (Wildman–Crippen MR) is 124 cm³/mol. The summed E-state index contributed by atoms with van der Waals surface area (Å²) < 4.78 is 53.1. The Hall–Kier alpha value is -2.83. The van der Waals surface area contributed by atoms with Gasteiger partial charge < -0.3 is 20.1 Å². The van der Waals surface area contributed by atoms with E-state index < -0.39 is 33.7 Å². The Kier molecular flexibility index (Phi) is 8.16. The van der Waals surface area contributed by atoms with Crippen LogP contribution in [0.4, 0.5) is 15.8 Å². The highest BCUT2D eigenvalue weighted by Crippen LogP contribution is 2.32. The number of ether oxygens (including phenoxy) is 2. The normalized spacial score (nSPS) is 13.8. The van der Waals surface area contributed by atoms with E-state index >= 15 is 0 Å². The first kappa shape index (κ1) is 24.8. The number of rotatable bonds is 9. The number of nitrogens with one attached hydrogen (secondary N) is 3. The zero-order valence-electron chi connectivity index (χ0n) is 18.0. The van der Waals surface area contributed by atoms with Crippen LogP contribution < -0.4 is 24.8 Å². The zero-order chi connectivity index (χ0) is 24.0. The monoisotopic (exact) mass is 497 g/mol. The highest BCUT2D eigenvalue weighted by molar-refractivity contribution is 7.98. The van der Waals surface area contributed by atoms with Gasteiger partial charge in [0.2, 0.25) is 21.8 Å². The molecule has 178 valence electrons. The van der Waals surface area contributed by atoms with Gasteiger partial charge in [0.25, 0.3) is 0 Å². The van der Waals surface area contributed by atoms with Gasteiger partial charge in [-0.2, -0.15) is 16.5 Å². The van der Waals surface area contributed by atoms with Gasteiger partial charge in [-0.1, -0.05) is 0 Å². The number of hydrogen-bond donors (Lipinski definition) is 3. The van der Waals surface area contributed by atoms with Crippen LogP contribution in [-0.2, 0) is 19.6 Å². The lowest BCUT2D eigenvalue weighted by atomic mass is 10.2. The Morgan fingerprint density at radius 1 is 1.09 bits per heavy atom. The largest absolute Gasteiger partial charge is 0.486 e. The van der Waals surface area contributed by atoms with Crippen LogP contribution in [0.3, 0.4) is 0 Å². The Labute approximate surface area is 195 Å². The molecule has 3 N–H and O–H groups in total. The first-order valence-corrected chi connectivity index (χ1v) is 12.9. The molecular weight excluding hydrogens is 473 g/mol. The lowest BCUT2D eigenvalue weighted by molar-refractivity contribution is -0.117. The molecule has 0 saturated carbocycles. The smallest absolute Gasteiger partial charge is 0.242 e. The van der Waals surface area contributed by atoms with Crippen molar-refractivity contribution in [3.05, 3.63) is 42.2 Å². The van der Waals surface area contributed by atoms with Crippen LogP contribution in [-0.4, -0.2) is 51.5 Å². The molecule has 0 spiro atoms. The molecule has 2 aromatic carbocycles. The third-order valence-corrected chi connectivity index (χ3v) is 6.71. The number of fused-ring (bicyclic) bond motifs is 1. The first-order chi connectivity index (χ1) is 15.7. The van der Waals surface area contributed by atoms with Gasteiger partial charge in [-0.3, -0.25) is 9.59 Å². The van der Waals surface area contributed by atoms with Crippen LogP contribution in [0.25, 0.3) is 0 Å². The lowest BCUT2D eigenvalue weighted by Gasteiger charge is -2.21. The molecule has 1 aliphatic heterocycles. The number of carbonyl (C=O) groups excluding carboxylic acids is 2. The molecule has 0 saturated heterocycles. The minimum atomic E-state index is -4.06. The van der Waals surface area contributed by atoms with Crippen molar-refractivity contribution in [2.24, 2.45) is 0 Å². The van der Waals surface area contributed by atoms with Gasteiger partial charge in [0.05, 0.1) is 10.6 Å². The standard InChI is InChI=1S/C21H24FN3O6S2/c1-13(26)23-18-11-14(3-5-16(18)22)24-21(27)17(7-10-32-2)25-33(28,29)15-4-6-19-20(12-15)31-9-8-30-19/h3-6,11-12,17,25H,7-10H2,1-2H3,(H,23,26)(H,24,27)/t17-/m1/s1. The molecule has 33 heavy (non-hydrogen) atoms. The summed E-state index contributed by atoms with van der Waals surface area (Å²) >= 11 is 1.46. The van der Waals surface area contributed by atoms with Crippen LogP contribution in [0, 0.1) is 5.82 Å². The molecule has 9 nitrogen and oxygen atoms in total. The maximum Gasteiger partial charge on any atom is 0.242 e. The number of benzene rings is 2. The minimum absolute atomic E-state index is 0.0663. The van der Waals surface area contributed by atoms with E-state index in [1.165, 1.54) is 49.0 Å². The Bertz CT molecular complexity index is 1140. The second-order valence-electron chi connectivity index (χ2n) is 7.13. The third kappa shape index (κ3) is 6.59. The molecule has 12 heteroatoms. The van der Waals surface area contributed by atoms with E-state index in [-0.39, 0.29) is 22.7 Å². The van der Waals surface area contributed by atoms with Gasteiger partial charge in [0.15, 0.2) is 11.5 Å². The maximum atomic E-state index is 13.9. The fourth-order valence-corrected chi connectivity index (χ4v) is 4.76. The predicted octanol–water partition coefficient (Wildman–Crippen LogP) is 2.59. The minimum Gasteiger partial charge on any atom is -0.486 e. The van der Waals surface area contributed by atoms with Crippen molar-refractivity contribution in [3.8, 4) is 11.5 Å². The molecule has 1 aliphatic rings. The van der Waals surface area contributed by atoms with E-state index in [2.05, 4.69) is 15.4 Å². The van der Waals surface area contributed by atoms with E-state index in [0.29, 0.717) is 30.5 Å². The zero-order valence-corrected chi connectivity index (χ0v) is 19.6. The van der Waals surface area contributed by atoms with Crippen LogP contribution in [0.1, 0.15) is 13.3 Å². The Morgan fingerprint density at radius 2 is 1.82 bits per heavy atom. The molecule has 0 bridgehead atoms. The van der Waals surface area contributed by atoms with Gasteiger partial charge >= 0.3 is 0 Å². The van der Waals surface area contributed by atoms with Crippen molar-refractivity contribution in [1.82, 2.24) is 4.72 Å². The molecule has 2 aromatic rings. The first-order valence-electron chi connectivity index (χ1n) is 9.98. The van der Waals surface area contributed by atoms with Crippen LogP contribution in [0.2, 0.25) is 0 Å². The number of sulfonamides is 1. The van der Waals surface area contributed by atoms with Crippen LogP contribution in [0.15, 0.2) is 41.3 Å². The quantitative estimate of drug-likeness (QED) is 0.487. The van der Waals surface area contributed by atoms with E-state index in [0.717, 1.165) is 6.07 Å². The molecule has 0 unspecified atom stereocenters. The van der Waals surface area contributed by atoms with Gasteiger partial charge in [-0.05, 0) is 48.8 Å². The molecule has 0 aliphatic carbocycles. The molecule has 1 atom stereocenters. The van der Waals surface area contributed by atoms with Crippen molar-refractivity contribution in [1.29, 1.82) is 0 Å². The average Bonchev–Trinajstić information content (AvgIpc) is 2.78. The summed E-state index contributed by atoms with van der Waals surface area (Å²) in [5.41, 5.74) is 0.107. The summed E-state index contributed by atoms with van der Waals surface area (Å²) in [6.07, 6.45) is 2.06. The number of thioether (sulfide) groups is 1. The molecule has 0 fully saturated rings. The van der Waals surface area contributed by atoms with E-state index in [4.69, 9.17) is 9.47 Å². The van der Waals surface area contributed by atoms with Gasteiger partial charge in [-0.25, -0.2) is 12.8 Å². The van der Waals surface area contributed by atoms with Crippen LogP contribution >= 0.6 is 11.8 Å². The molecular formula is C21H24FN3O6S2. The average molecular weight is 498 g/mol. The Morgan fingerprint density at radius 3 is 2.52 bits per heavy atom.